The fraction of sp³-hybridized carbons (Fsp3) is 0.480. The molecule has 180 valence electrons. The Balaban J connectivity index is 1.70. The van der Waals surface area contributed by atoms with E-state index in [1.807, 2.05) is 40.7 Å². The molecule has 8 heteroatoms. The van der Waals surface area contributed by atoms with Gasteiger partial charge in [-0.05, 0) is 73.6 Å². The number of nitrogens with zero attached hydrogens (tertiary/aromatic N) is 1. The molecule has 33 heavy (non-hydrogen) atoms. The molecule has 1 heterocycles. The lowest BCUT2D eigenvalue weighted by atomic mass is 9.88. The maximum absolute atomic E-state index is 13.5. The number of benzene rings is 2. The number of nitrogens with one attached hydrogen (secondary N) is 2. The van der Waals surface area contributed by atoms with Crippen LogP contribution in [0.25, 0.3) is 0 Å². The lowest BCUT2D eigenvalue weighted by Gasteiger charge is -2.29. The van der Waals surface area contributed by atoms with Gasteiger partial charge in [-0.1, -0.05) is 32.9 Å². The lowest BCUT2D eigenvalue weighted by Crippen LogP contribution is -2.52. The Kier molecular flexibility index (Phi) is 7.49. The first-order valence-electron chi connectivity index (χ1n) is 11.3. The number of anilines is 1. The predicted octanol–water partition coefficient (Wildman–Crippen LogP) is 3.78. The van der Waals surface area contributed by atoms with Gasteiger partial charge in [0.2, 0.25) is 15.9 Å². The monoisotopic (exact) mass is 475 g/mol. The molecule has 1 aliphatic rings. The van der Waals surface area contributed by atoms with Crippen LogP contribution in [0.4, 0.5) is 10.1 Å². The average molecular weight is 476 g/mol. The average Bonchev–Trinajstić information content (AvgIpc) is 3.07. The molecule has 2 aromatic carbocycles. The first-order chi connectivity index (χ1) is 15.3. The number of carbonyl (C=O) groups excluding carboxylic acids is 1. The van der Waals surface area contributed by atoms with Crippen LogP contribution in [0.3, 0.4) is 0 Å². The summed E-state index contributed by atoms with van der Waals surface area (Å²) in [5, 5.41) is 2.98. The zero-order valence-corrected chi connectivity index (χ0v) is 20.8. The Labute approximate surface area is 196 Å². The Morgan fingerprint density at radius 1 is 1.18 bits per heavy atom. The smallest absolute Gasteiger partial charge is 0.241 e. The van der Waals surface area contributed by atoms with E-state index in [9.17, 15) is 17.6 Å². The van der Waals surface area contributed by atoms with Crippen molar-refractivity contribution >= 4 is 21.6 Å². The van der Waals surface area contributed by atoms with E-state index in [0.29, 0.717) is 13.0 Å². The van der Waals surface area contributed by atoms with Crippen molar-refractivity contribution in [2.75, 3.05) is 18.0 Å². The van der Waals surface area contributed by atoms with Gasteiger partial charge in [-0.25, -0.2) is 12.8 Å². The van der Waals surface area contributed by atoms with Gasteiger partial charge in [0, 0.05) is 24.8 Å². The van der Waals surface area contributed by atoms with Gasteiger partial charge in [0.15, 0.2) is 0 Å². The molecule has 0 fully saturated rings. The third-order valence-corrected chi connectivity index (χ3v) is 7.12. The summed E-state index contributed by atoms with van der Waals surface area (Å²) in [5.74, 6) is -0.602. The molecule has 6 nitrogen and oxygen atoms in total. The summed E-state index contributed by atoms with van der Waals surface area (Å²) in [5.41, 5.74) is 2.50. The molecule has 0 aromatic heterocycles. The molecule has 0 aliphatic carbocycles. The van der Waals surface area contributed by atoms with Gasteiger partial charge in [-0.3, -0.25) is 4.79 Å². The van der Waals surface area contributed by atoms with Crippen LogP contribution >= 0.6 is 0 Å². The van der Waals surface area contributed by atoms with Gasteiger partial charge in [-0.2, -0.15) is 4.72 Å². The Hall–Kier alpha value is -2.45. The SMILES string of the molecule is Cc1cccc(S(=O)(=O)N[C@@H](CC(C)(C)C)C(=O)N[C@@H](C)CN2CCc3cc(F)ccc32)c1. The molecule has 0 spiro atoms. The Morgan fingerprint density at radius 3 is 2.58 bits per heavy atom. The van der Waals surface area contributed by atoms with Crippen molar-refractivity contribution in [3.8, 4) is 0 Å². The fourth-order valence-corrected chi connectivity index (χ4v) is 5.49. The molecule has 2 N–H and O–H groups in total. The number of sulfonamides is 1. The first kappa shape index (κ1) is 25.2. The Bertz CT molecular complexity index is 1110. The third kappa shape index (κ3) is 6.77. The highest BCUT2D eigenvalue weighted by Crippen LogP contribution is 2.28. The number of carbonyl (C=O) groups is 1. The van der Waals surface area contributed by atoms with Gasteiger partial charge in [0.25, 0.3) is 0 Å². The highest BCUT2D eigenvalue weighted by atomic mass is 32.2. The molecule has 1 amide bonds. The minimum atomic E-state index is -3.86. The second kappa shape index (κ2) is 9.81. The summed E-state index contributed by atoms with van der Waals surface area (Å²) in [7, 11) is -3.86. The number of fused-ring (bicyclic) bond motifs is 1. The van der Waals surface area contributed by atoms with Crippen LogP contribution in [0, 0.1) is 18.2 Å². The summed E-state index contributed by atoms with van der Waals surface area (Å²) >= 11 is 0. The quantitative estimate of drug-likeness (QED) is 0.609. The molecule has 3 rings (SSSR count). The van der Waals surface area contributed by atoms with Crippen molar-refractivity contribution in [2.45, 2.75) is 64.4 Å². The van der Waals surface area contributed by atoms with E-state index in [1.54, 1.807) is 24.3 Å². The fourth-order valence-electron chi connectivity index (χ4n) is 4.19. The van der Waals surface area contributed by atoms with E-state index in [0.717, 1.165) is 29.8 Å². The topological polar surface area (TPSA) is 78.5 Å². The number of hydrogen-bond acceptors (Lipinski definition) is 4. The van der Waals surface area contributed by atoms with Crippen molar-refractivity contribution < 1.29 is 17.6 Å². The lowest BCUT2D eigenvalue weighted by molar-refractivity contribution is -0.124. The highest BCUT2D eigenvalue weighted by molar-refractivity contribution is 7.89. The van der Waals surface area contributed by atoms with Crippen LogP contribution in [0.5, 0.6) is 0 Å². The van der Waals surface area contributed by atoms with Crippen molar-refractivity contribution in [3.63, 3.8) is 0 Å². The number of rotatable bonds is 8. The van der Waals surface area contributed by atoms with Crippen LogP contribution in [-0.4, -0.2) is 39.5 Å². The molecule has 0 radical (unpaired) electrons. The summed E-state index contributed by atoms with van der Waals surface area (Å²) in [6, 6.07) is 10.3. The number of hydrogen-bond donors (Lipinski definition) is 2. The summed E-state index contributed by atoms with van der Waals surface area (Å²) in [4.78, 5) is 15.4. The molecule has 0 saturated carbocycles. The van der Waals surface area contributed by atoms with Crippen LogP contribution in [-0.2, 0) is 21.2 Å². The molecule has 0 saturated heterocycles. The van der Waals surface area contributed by atoms with E-state index < -0.39 is 16.1 Å². The number of aryl methyl sites for hydroxylation is 1. The molecule has 2 aromatic rings. The summed E-state index contributed by atoms with van der Waals surface area (Å²) < 4.78 is 42.1. The van der Waals surface area contributed by atoms with E-state index in [-0.39, 0.29) is 28.1 Å². The van der Waals surface area contributed by atoms with E-state index >= 15 is 0 Å². The molecule has 1 aliphatic heterocycles. The van der Waals surface area contributed by atoms with Crippen LogP contribution in [0.2, 0.25) is 0 Å². The van der Waals surface area contributed by atoms with Crippen molar-refractivity contribution in [2.24, 2.45) is 5.41 Å². The molecule has 0 unspecified atom stereocenters. The van der Waals surface area contributed by atoms with Gasteiger partial charge < -0.3 is 10.2 Å². The minimum absolute atomic E-state index is 0.142. The predicted molar refractivity (Wildman–Crippen MR) is 129 cm³/mol. The zero-order valence-electron chi connectivity index (χ0n) is 20.0. The molecular weight excluding hydrogens is 441 g/mol. The summed E-state index contributed by atoms with van der Waals surface area (Å²) in [6.07, 6.45) is 1.11. The van der Waals surface area contributed by atoms with Crippen molar-refractivity contribution in [3.05, 3.63) is 59.4 Å². The van der Waals surface area contributed by atoms with Crippen molar-refractivity contribution in [1.29, 1.82) is 0 Å². The maximum Gasteiger partial charge on any atom is 0.241 e. The molecule has 0 bridgehead atoms. The summed E-state index contributed by atoms with van der Waals surface area (Å²) in [6.45, 7) is 10.9. The highest BCUT2D eigenvalue weighted by Gasteiger charge is 2.31. The minimum Gasteiger partial charge on any atom is -0.369 e. The molecule has 2 atom stereocenters. The van der Waals surface area contributed by atoms with E-state index in [1.165, 1.54) is 12.1 Å². The largest absolute Gasteiger partial charge is 0.369 e. The van der Waals surface area contributed by atoms with Crippen LogP contribution in [0.1, 0.15) is 45.2 Å². The number of halogens is 1. The van der Waals surface area contributed by atoms with E-state index in [4.69, 9.17) is 0 Å². The van der Waals surface area contributed by atoms with Gasteiger partial charge in [0.05, 0.1) is 4.90 Å². The zero-order chi connectivity index (χ0) is 24.4. The second-order valence-corrected chi connectivity index (χ2v) is 11.8. The number of amides is 1. The first-order valence-corrected chi connectivity index (χ1v) is 12.8. The van der Waals surface area contributed by atoms with E-state index in [2.05, 4.69) is 14.9 Å². The van der Waals surface area contributed by atoms with Gasteiger partial charge >= 0.3 is 0 Å². The molecular formula is C25H34FN3O3S. The third-order valence-electron chi connectivity index (χ3n) is 5.65. The normalized spacial score (nSPS) is 15.8. The van der Waals surface area contributed by atoms with Crippen LogP contribution < -0.4 is 14.9 Å². The van der Waals surface area contributed by atoms with Crippen molar-refractivity contribution in [1.82, 2.24) is 10.0 Å². The van der Waals surface area contributed by atoms with Gasteiger partial charge in [-0.15, -0.1) is 0 Å². The van der Waals surface area contributed by atoms with Gasteiger partial charge in [0.1, 0.15) is 11.9 Å². The van der Waals surface area contributed by atoms with Crippen LogP contribution in [0.15, 0.2) is 47.4 Å². The maximum atomic E-state index is 13.5. The second-order valence-electron chi connectivity index (χ2n) is 10.1. The standard InChI is InChI=1S/C25H34FN3O3S/c1-17-7-6-8-21(13-17)33(31,32)28-22(15-25(3,4)5)24(30)27-18(2)16-29-12-11-19-14-20(26)9-10-23(19)29/h6-10,13-14,18,22,28H,11-12,15-16H2,1-5H3,(H,27,30)/t18-,22-/m0/s1. The Morgan fingerprint density at radius 2 is 1.91 bits per heavy atom.